The van der Waals surface area contributed by atoms with Gasteiger partial charge in [0.2, 0.25) is 0 Å². The molecule has 0 fully saturated rings. The molecule has 1 aromatic rings. The van der Waals surface area contributed by atoms with Gasteiger partial charge in [0.05, 0.1) is 0 Å². The predicted octanol–water partition coefficient (Wildman–Crippen LogP) is 3.44. The minimum Gasteiger partial charge on any atom is -0.396 e. The van der Waals surface area contributed by atoms with Crippen LogP contribution in [0.1, 0.15) is 50.8 Å². The fourth-order valence-electron chi connectivity index (χ4n) is 2.21. The van der Waals surface area contributed by atoms with E-state index >= 15 is 0 Å². The minimum absolute atomic E-state index is 0.0259. The molecule has 2 heteroatoms. The molecule has 1 aromatic carbocycles. The summed E-state index contributed by atoms with van der Waals surface area (Å²) in [6.45, 7) is 9.73. The summed E-state index contributed by atoms with van der Waals surface area (Å²) in [6.07, 6.45) is 2.01. The zero-order valence-corrected chi connectivity index (χ0v) is 12.2. The molecule has 0 radical (unpaired) electrons. The van der Waals surface area contributed by atoms with Crippen LogP contribution in [-0.2, 0) is 0 Å². The lowest BCUT2D eigenvalue weighted by atomic mass is 9.83. The van der Waals surface area contributed by atoms with Crippen molar-refractivity contribution in [2.75, 3.05) is 13.2 Å². The summed E-state index contributed by atoms with van der Waals surface area (Å²) in [5, 5.41) is 13.1. The van der Waals surface area contributed by atoms with Gasteiger partial charge in [-0.25, -0.2) is 0 Å². The van der Waals surface area contributed by atoms with Crippen molar-refractivity contribution in [2.45, 2.75) is 46.6 Å². The maximum absolute atomic E-state index is 9.56. The normalized spacial score (nSPS) is 13.6. The van der Waals surface area contributed by atoms with Gasteiger partial charge in [-0.1, -0.05) is 43.7 Å². The van der Waals surface area contributed by atoms with E-state index in [1.165, 1.54) is 11.1 Å². The monoisotopic (exact) mass is 249 g/mol. The molecule has 1 unspecified atom stereocenters. The zero-order chi connectivity index (χ0) is 13.6. The highest BCUT2D eigenvalue weighted by atomic mass is 16.3. The Morgan fingerprint density at radius 2 is 1.94 bits per heavy atom. The topological polar surface area (TPSA) is 32.3 Å². The van der Waals surface area contributed by atoms with Crippen molar-refractivity contribution >= 4 is 0 Å². The molecule has 0 saturated heterocycles. The van der Waals surface area contributed by atoms with Crippen LogP contribution in [0.15, 0.2) is 24.3 Å². The Bertz CT molecular complexity index is 350. The molecule has 0 aliphatic rings. The molecule has 0 bridgehead atoms. The van der Waals surface area contributed by atoms with Gasteiger partial charge in [-0.3, -0.25) is 0 Å². The lowest BCUT2D eigenvalue weighted by Gasteiger charge is -2.31. The van der Waals surface area contributed by atoms with Gasteiger partial charge in [-0.2, -0.15) is 0 Å². The lowest BCUT2D eigenvalue weighted by molar-refractivity contribution is 0.110. The van der Waals surface area contributed by atoms with E-state index in [1.807, 2.05) is 0 Å². The van der Waals surface area contributed by atoms with Crippen LogP contribution in [0.4, 0.5) is 0 Å². The number of hydrogen-bond acceptors (Lipinski definition) is 2. The first-order valence-corrected chi connectivity index (χ1v) is 6.97. The molecule has 0 aromatic heterocycles. The molecular formula is C16H27NO. The molecule has 2 nitrogen and oxygen atoms in total. The molecule has 1 rings (SSSR count). The summed E-state index contributed by atoms with van der Waals surface area (Å²) < 4.78 is 0. The van der Waals surface area contributed by atoms with E-state index in [1.54, 1.807) is 0 Å². The number of rotatable bonds is 7. The highest BCUT2D eigenvalue weighted by molar-refractivity contribution is 5.24. The first kappa shape index (κ1) is 15.2. The predicted molar refractivity (Wildman–Crippen MR) is 77.7 cm³/mol. The van der Waals surface area contributed by atoms with Crippen molar-refractivity contribution in [2.24, 2.45) is 5.41 Å². The van der Waals surface area contributed by atoms with Gasteiger partial charge in [-0.05, 0) is 32.3 Å². The van der Waals surface area contributed by atoms with Gasteiger partial charge in [0.15, 0.2) is 0 Å². The Morgan fingerprint density at radius 1 is 1.28 bits per heavy atom. The molecule has 0 heterocycles. The Morgan fingerprint density at radius 3 is 2.44 bits per heavy atom. The maximum Gasteiger partial charge on any atom is 0.0499 e. The smallest absolute Gasteiger partial charge is 0.0499 e. The molecule has 18 heavy (non-hydrogen) atoms. The summed E-state index contributed by atoms with van der Waals surface area (Å²) in [5.41, 5.74) is 2.63. The average Bonchev–Trinajstić information content (AvgIpc) is 2.40. The SMILES string of the molecule is CCC(CC)(CO)CNC(C)c1cccc(C)c1. The second-order valence-corrected chi connectivity index (χ2v) is 5.38. The quantitative estimate of drug-likeness (QED) is 0.776. The van der Waals surface area contributed by atoms with Crippen molar-refractivity contribution in [3.63, 3.8) is 0 Å². The molecule has 2 N–H and O–H groups in total. The van der Waals surface area contributed by atoms with E-state index in [0.29, 0.717) is 6.04 Å². The Kier molecular flexibility index (Phi) is 5.83. The number of aryl methyl sites for hydroxylation is 1. The van der Waals surface area contributed by atoms with Crippen LogP contribution in [-0.4, -0.2) is 18.3 Å². The largest absolute Gasteiger partial charge is 0.396 e. The van der Waals surface area contributed by atoms with Crippen molar-refractivity contribution in [1.82, 2.24) is 5.32 Å². The molecule has 1 atom stereocenters. The third kappa shape index (κ3) is 3.82. The van der Waals surface area contributed by atoms with Gasteiger partial charge in [0.1, 0.15) is 0 Å². The van der Waals surface area contributed by atoms with Crippen LogP contribution >= 0.6 is 0 Å². The van der Waals surface area contributed by atoms with Crippen LogP contribution < -0.4 is 5.32 Å². The van der Waals surface area contributed by atoms with Crippen LogP contribution in [0.2, 0.25) is 0 Å². The summed E-state index contributed by atoms with van der Waals surface area (Å²) in [4.78, 5) is 0. The minimum atomic E-state index is 0.0259. The Hall–Kier alpha value is -0.860. The van der Waals surface area contributed by atoms with Gasteiger partial charge >= 0.3 is 0 Å². The third-order valence-corrected chi connectivity index (χ3v) is 4.16. The van der Waals surface area contributed by atoms with Crippen molar-refractivity contribution in [3.8, 4) is 0 Å². The van der Waals surface area contributed by atoms with Gasteiger partial charge in [-0.15, -0.1) is 0 Å². The highest BCUT2D eigenvalue weighted by Crippen LogP contribution is 2.25. The number of nitrogens with one attached hydrogen (secondary N) is 1. The third-order valence-electron chi connectivity index (χ3n) is 4.16. The second kappa shape index (κ2) is 6.91. The second-order valence-electron chi connectivity index (χ2n) is 5.38. The number of aliphatic hydroxyl groups excluding tert-OH is 1. The zero-order valence-electron chi connectivity index (χ0n) is 12.2. The summed E-state index contributed by atoms with van der Waals surface area (Å²) in [6, 6.07) is 8.92. The summed E-state index contributed by atoms with van der Waals surface area (Å²) >= 11 is 0. The molecule has 0 aliphatic heterocycles. The van der Waals surface area contributed by atoms with Crippen molar-refractivity contribution < 1.29 is 5.11 Å². The molecular weight excluding hydrogens is 222 g/mol. The van der Waals surface area contributed by atoms with Gasteiger partial charge < -0.3 is 10.4 Å². The van der Waals surface area contributed by atoms with E-state index in [2.05, 4.69) is 57.3 Å². The number of hydrogen-bond donors (Lipinski definition) is 2. The maximum atomic E-state index is 9.56. The van der Waals surface area contributed by atoms with E-state index in [4.69, 9.17) is 0 Å². The van der Waals surface area contributed by atoms with Crippen LogP contribution in [0.5, 0.6) is 0 Å². The molecule has 102 valence electrons. The standard InChI is InChI=1S/C16H27NO/c1-5-16(6-2,12-18)11-17-14(4)15-9-7-8-13(3)10-15/h7-10,14,17-18H,5-6,11-12H2,1-4H3. The van der Waals surface area contributed by atoms with Crippen molar-refractivity contribution in [3.05, 3.63) is 35.4 Å². The van der Waals surface area contributed by atoms with Crippen LogP contribution in [0.3, 0.4) is 0 Å². The highest BCUT2D eigenvalue weighted by Gasteiger charge is 2.25. The number of aliphatic hydroxyl groups is 1. The van der Waals surface area contributed by atoms with E-state index in [-0.39, 0.29) is 12.0 Å². The van der Waals surface area contributed by atoms with E-state index in [0.717, 1.165) is 19.4 Å². The van der Waals surface area contributed by atoms with E-state index < -0.39 is 0 Å². The Balaban J connectivity index is 2.62. The first-order valence-electron chi connectivity index (χ1n) is 6.97. The first-order chi connectivity index (χ1) is 8.56. The fraction of sp³-hybridized carbons (Fsp3) is 0.625. The fourth-order valence-corrected chi connectivity index (χ4v) is 2.21. The Labute approximate surface area is 111 Å². The van der Waals surface area contributed by atoms with E-state index in [9.17, 15) is 5.11 Å². The molecule has 0 amide bonds. The average molecular weight is 249 g/mol. The summed E-state index contributed by atoms with van der Waals surface area (Å²) in [5.74, 6) is 0. The summed E-state index contributed by atoms with van der Waals surface area (Å²) in [7, 11) is 0. The molecule has 0 saturated carbocycles. The lowest BCUT2D eigenvalue weighted by Crippen LogP contribution is -2.37. The molecule has 0 spiro atoms. The van der Waals surface area contributed by atoms with Crippen molar-refractivity contribution in [1.29, 1.82) is 0 Å². The van der Waals surface area contributed by atoms with Crippen LogP contribution in [0.25, 0.3) is 0 Å². The number of benzene rings is 1. The van der Waals surface area contributed by atoms with Gasteiger partial charge in [0.25, 0.3) is 0 Å². The van der Waals surface area contributed by atoms with Crippen LogP contribution in [0, 0.1) is 12.3 Å². The van der Waals surface area contributed by atoms with Gasteiger partial charge in [0, 0.05) is 24.6 Å². The molecule has 0 aliphatic carbocycles.